The molecule has 28 heavy (non-hydrogen) atoms. The van der Waals surface area contributed by atoms with Crippen LogP contribution >= 0.6 is 0 Å². The highest BCUT2D eigenvalue weighted by atomic mass is 16.6. The van der Waals surface area contributed by atoms with Gasteiger partial charge in [0.25, 0.3) is 11.6 Å². The zero-order valence-corrected chi connectivity index (χ0v) is 14.8. The van der Waals surface area contributed by atoms with Crippen LogP contribution in [-0.2, 0) is 14.3 Å². The molecule has 0 aliphatic carbocycles. The molecule has 2 amide bonds. The highest BCUT2D eigenvalue weighted by Crippen LogP contribution is 2.28. The first-order valence-electron chi connectivity index (χ1n) is 8.15. The maximum Gasteiger partial charge on any atom is 0.413 e. The third-order valence-corrected chi connectivity index (χ3v) is 3.33. The Labute approximate surface area is 159 Å². The highest BCUT2D eigenvalue weighted by molar-refractivity contribution is 5.96. The van der Waals surface area contributed by atoms with E-state index < -0.39 is 29.5 Å². The van der Waals surface area contributed by atoms with Crippen molar-refractivity contribution in [2.45, 2.75) is 6.92 Å². The van der Waals surface area contributed by atoms with Gasteiger partial charge in [-0.05, 0) is 31.2 Å². The van der Waals surface area contributed by atoms with Crippen LogP contribution in [0.4, 0.5) is 21.9 Å². The fourth-order valence-corrected chi connectivity index (χ4v) is 2.12. The topological polar surface area (TPSA) is 137 Å². The quantitative estimate of drug-likeness (QED) is 0.420. The van der Waals surface area contributed by atoms with E-state index in [1.165, 1.54) is 12.1 Å². The maximum absolute atomic E-state index is 12.0. The van der Waals surface area contributed by atoms with Gasteiger partial charge >= 0.3 is 12.1 Å². The van der Waals surface area contributed by atoms with Crippen LogP contribution in [0.2, 0.25) is 0 Å². The van der Waals surface area contributed by atoms with Crippen LogP contribution < -0.4 is 10.6 Å². The van der Waals surface area contributed by atoms with E-state index in [2.05, 4.69) is 10.1 Å². The largest absolute Gasteiger partial charge is 0.452 e. The summed E-state index contributed by atoms with van der Waals surface area (Å²) < 4.78 is 9.27. The SMILES string of the molecule is CCOC(=O)NC(=O)COC(=O)c1ccc(Nc2ccccc2)c([N+](=O)[O-])c1. The Bertz CT molecular complexity index is 884. The number of carbonyl (C=O) groups is 3. The van der Waals surface area contributed by atoms with Crippen LogP contribution in [0.25, 0.3) is 0 Å². The Hall–Kier alpha value is -3.95. The first-order valence-corrected chi connectivity index (χ1v) is 8.15. The number of para-hydroxylation sites is 1. The van der Waals surface area contributed by atoms with E-state index in [0.717, 1.165) is 6.07 Å². The first-order chi connectivity index (χ1) is 13.4. The number of ether oxygens (including phenoxy) is 2. The predicted octanol–water partition coefficient (Wildman–Crippen LogP) is 2.77. The van der Waals surface area contributed by atoms with Gasteiger partial charge in [-0.1, -0.05) is 18.2 Å². The molecule has 146 valence electrons. The summed E-state index contributed by atoms with van der Waals surface area (Å²) in [5, 5.41) is 16.1. The van der Waals surface area contributed by atoms with E-state index in [1.807, 2.05) is 5.32 Å². The van der Waals surface area contributed by atoms with Crippen molar-refractivity contribution >= 4 is 35.0 Å². The number of amides is 2. The molecule has 0 fully saturated rings. The van der Waals surface area contributed by atoms with Crippen LogP contribution in [0.1, 0.15) is 17.3 Å². The maximum atomic E-state index is 12.0. The summed E-state index contributed by atoms with van der Waals surface area (Å²) in [6, 6.07) is 12.5. The number of nitrogens with zero attached hydrogens (tertiary/aromatic N) is 1. The zero-order chi connectivity index (χ0) is 20.5. The van der Waals surface area contributed by atoms with Crippen LogP contribution in [0.3, 0.4) is 0 Å². The molecule has 2 aromatic rings. The van der Waals surface area contributed by atoms with E-state index in [1.54, 1.807) is 37.3 Å². The van der Waals surface area contributed by atoms with E-state index in [9.17, 15) is 24.5 Å². The molecule has 0 radical (unpaired) electrons. The van der Waals surface area contributed by atoms with E-state index in [-0.39, 0.29) is 23.5 Å². The normalized spacial score (nSPS) is 9.89. The van der Waals surface area contributed by atoms with Gasteiger partial charge in [-0.25, -0.2) is 9.59 Å². The molecule has 0 atom stereocenters. The molecule has 0 aliphatic rings. The number of esters is 1. The van der Waals surface area contributed by atoms with Crippen molar-refractivity contribution in [3.05, 3.63) is 64.2 Å². The van der Waals surface area contributed by atoms with Crippen molar-refractivity contribution < 1.29 is 28.8 Å². The second-order valence-corrected chi connectivity index (χ2v) is 5.32. The molecule has 0 saturated heterocycles. The van der Waals surface area contributed by atoms with Gasteiger partial charge in [0, 0.05) is 11.8 Å². The van der Waals surface area contributed by atoms with Gasteiger partial charge in [0.05, 0.1) is 17.1 Å². The smallest absolute Gasteiger partial charge is 0.413 e. The molecule has 0 aliphatic heterocycles. The summed E-state index contributed by atoms with van der Waals surface area (Å²) in [6.07, 6.45) is -0.962. The number of carbonyl (C=O) groups excluding carboxylic acids is 3. The van der Waals surface area contributed by atoms with Crippen molar-refractivity contribution in [3.63, 3.8) is 0 Å². The minimum Gasteiger partial charge on any atom is -0.452 e. The lowest BCUT2D eigenvalue weighted by Gasteiger charge is -2.09. The molecule has 2 aromatic carbocycles. The zero-order valence-electron chi connectivity index (χ0n) is 14.8. The lowest BCUT2D eigenvalue weighted by molar-refractivity contribution is -0.383. The molecule has 0 spiro atoms. The van der Waals surface area contributed by atoms with Gasteiger partial charge in [-0.2, -0.15) is 0 Å². The molecule has 0 unspecified atom stereocenters. The molecule has 0 bridgehead atoms. The number of rotatable bonds is 7. The number of hydrogen-bond acceptors (Lipinski definition) is 8. The lowest BCUT2D eigenvalue weighted by Crippen LogP contribution is -2.34. The molecule has 0 saturated carbocycles. The standard InChI is InChI=1S/C18H17N3O7/c1-2-27-18(24)20-16(22)11-28-17(23)12-8-9-14(15(10-12)21(25)26)19-13-6-4-3-5-7-13/h3-10,19H,2,11H2,1H3,(H,20,22,24). The first kappa shape index (κ1) is 20.4. The highest BCUT2D eigenvalue weighted by Gasteiger charge is 2.19. The number of benzene rings is 2. The summed E-state index contributed by atoms with van der Waals surface area (Å²) in [5.41, 5.74) is 0.368. The summed E-state index contributed by atoms with van der Waals surface area (Å²) in [5.74, 6) is -1.84. The number of imide groups is 1. The van der Waals surface area contributed by atoms with Gasteiger partial charge in [0.2, 0.25) is 0 Å². The van der Waals surface area contributed by atoms with Crippen molar-refractivity contribution in [3.8, 4) is 0 Å². The van der Waals surface area contributed by atoms with E-state index >= 15 is 0 Å². The molecule has 2 N–H and O–H groups in total. The predicted molar refractivity (Wildman–Crippen MR) is 98.3 cm³/mol. The summed E-state index contributed by atoms with van der Waals surface area (Å²) >= 11 is 0. The minimum absolute atomic E-state index is 0.0753. The number of alkyl carbamates (subject to hydrolysis) is 1. The van der Waals surface area contributed by atoms with Crippen LogP contribution in [-0.4, -0.2) is 36.1 Å². The van der Waals surface area contributed by atoms with Gasteiger partial charge < -0.3 is 14.8 Å². The van der Waals surface area contributed by atoms with Gasteiger partial charge in [0.1, 0.15) is 5.69 Å². The second kappa shape index (κ2) is 9.67. The number of hydrogen-bond donors (Lipinski definition) is 2. The summed E-state index contributed by atoms with van der Waals surface area (Å²) in [7, 11) is 0. The van der Waals surface area contributed by atoms with Gasteiger partial charge in [0.15, 0.2) is 6.61 Å². The summed E-state index contributed by atoms with van der Waals surface area (Å²) in [4.78, 5) is 45.3. The third kappa shape index (κ3) is 5.80. The lowest BCUT2D eigenvalue weighted by atomic mass is 10.1. The third-order valence-electron chi connectivity index (χ3n) is 3.33. The monoisotopic (exact) mass is 387 g/mol. The molecule has 0 aromatic heterocycles. The molecule has 10 heteroatoms. The fraction of sp³-hybridized carbons (Fsp3) is 0.167. The Morgan fingerprint density at radius 1 is 1.07 bits per heavy atom. The van der Waals surface area contributed by atoms with Gasteiger partial charge in [-0.3, -0.25) is 20.2 Å². The minimum atomic E-state index is -0.962. The van der Waals surface area contributed by atoms with Crippen LogP contribution in [0, 0.1) is 10.1 Å². The summed E-state index contributed by atoms with van der Waals surface area (Å²) in [6.45, 7) is 0.898. The molecular formula is C18H17N3O7. The number of nitro benzene ring substituents is 1. The molecule has 10 nitrogen and oxygen atoms in total. The Morgan fingerprint density at radius 3 is 2.43 bits per heavy atom. The Balaban J connectivity index is 2.06. The van der Waals surface area contributed by atoms with Gasteiger partial charge in [-0.15, -0.1) is 0 Å². The average molecular weight is 387 g/mol. The van der Waals surface area contributed by atoms with Crippen molar-refractivity contribution in [2.75, 3.05) is 18.5 Å². The Morgan fingerprint density at radius 2 is 1.79 bits per heavy atom. The second-order valence-electron chi connectivity index (χ2n) is 5.32. The molecule has 2 rings (SSSR count). The fourth-order valence-electron chi connectivity index (χ4n) is 2.12. The van der Waals surface area contributed by atoms with E-state index in [0.29, 0.717) is 5.69 Å². The average Bonchev–Trinajstić information content (AvgIpc) is 2.67. The Kier molecular flexibility index (Phi) is 7.03. The van der Waals surface area contributed by atoms with Crippen LogP contribution in [0.5, 0.6) is 0 Å². The molecular weight excluding hydrogens is 370 g/mol. The van der Waals surface area contributed by atoms with Crippen LogP contribution in [0.15, 0.2) is 48.5 Å². The van der Waals surface area contributed by atoms with Crippen molar-refractivity contribution in [1.82, 2.24) is 5.32 Å². The van der Waals surface area contributed by atoms with Crippen molar-refractivity contribution in [1.29, 1.82) is 0 Å². The van der Waals surface area contributed by atoms with Crippen molar-refractivity contribution in [2.24, 2.45) is 0 Å². The molecule has 0 heterocycles. The number of anilines is 2. The number of nitrogens with one attached hydrogen (secondary N) is 2. The number of nitro groups is 1. The van der Waals surface area contributed by atoms with E-state index in [4.69, 9.17) is 4.74 Å².